The molecule has 0 amide bonds. The van der Waals surface area contributed by atoms with Crippen LogP contribution in [0.5, 0.6) is 0 Å². The molecule has 9 heteroatoms. The predicted octanol–water partition coefficient (Wildman–Crippen LogP) is 7.68. The number of allylic oxidation sites excluding steroid dienone is 1. The molecular weight excluding hydrogens is 520 g/mol. The van der Waals surface area contributed by atoms with Crippen LogP contribution in [0, 0.1) is 60.6 Å². The molecule has 0 bridgehead atoms. The van der Waals surface area contributed by atoms with Crippen LogP contribution in [-0.2, 0) is 0 Å². The monoisotopic (exact) mass is 566 g/mol. The molecule has 0 saturated heterocycles. The first-order chi connectivity index (χ1) is 19.5. The lowest BCUT2D eigenvalue weighted by Crippen LogP contribution is -2.47. The first kappa shape index (κ1) is 29.5. The van der Waals surface area contributed by atoms with E-state index in [4.69, 9.17) is 0 Å². The van der Waals surface area contributed by atoms with Gasteiger partial charge in [0.2, 0.25) is 0 Å². The molecule has 0 radical (unpaired) electrons. The fourth-order valence-corrected chi connectivity index (χ4v) is 9.64. The third kappa shape index (κ3) is 4.74. The van der Waals surface area contributed by atoms with Gasteiger partial charge in [-0.05, 0) is 85.2 Å². The Kier molecular flexibility index (Phi) is 7.96. The molecule has 3 saturated carbocycles. The molecule has 3 N–H and O–H groups in total. The first-order valence-corrected chi connectivity index (χ1v) is 15.5. The van der Waals surface area contributed by atoms with E-state index in [2.05, 4.69) is 44.6 Å². The maximum absolute atomic E-state index is 12.4. The summed E-state index contributed by atoms with van der Waals surface area (Å²) in [7, 11) is 0. The molecule has 41 heavy (non-hydrogen) atoms. The number of anilines is 1. The van der Waals surface area contributed by atoms with Gasteiger partial charge < -0.3 is 10.5 Å². The smallest absolute Gasteiger partial charge is 0.300 e. The molecule has 0 spiro atoms. The van der Waals surface area contributed by atoms with Gasteiger partial charge in [0.1, 0.15) is 11.3 Å². The van der Waals surface area contributed by atoms with E-state index < -0.39 is 15.4 Å². The van der Waals surface area contributed by atoms with E-state index >= 15 is 0 Å². The molecule has 3 unspecified atom stereocenters. The molecule has 0 heterocycles. The number of fused-ring (bicyclic) bond motifs is 5. The van der Waals surface area contributed by atoms with Crippen LogP contribution in [0.2, 0.25) is 0 Å². The van der Waals surface area contributed by atoms with Gasteiger partial charge >= 0.3 is 5.69 Å². The maximum Gasteiger partial charge on any atom is 0.300 e. The van der Waals surface area contributed by atoms with Crippen LogP contribution in [0.25, 0.3) is 0 Å². The van der Waals surface area contributed by atoms with Crippen molar-refractivity contribution in [2.75, 3.05) is 5.43 Å². The Hall–Kier alpha value is -2.94. The minimum atomic E-state index is -1.09. The Morgan fingerprint density at radius 1 is 1.10 bits per heavy atom. The maximum atomic E-state index is 12.4. The molecule has 4 aliphatic rings. The van der Waals surface area contributed by atoms with Crippen molar-refractivity contribution in [3.05, 3.63) is 62.4 Å². The lowest BCUT2D eigenvalue weighted by Gasteiger charge is -2.51. The molecule has 1 aromatic rings. The standard InChI is InChI=1S/C32H46N4O5/c1-5-6-7-10-21(2)23-12-13-24-29-25(15-18-30(23,24)3)31(4)16-8-9-17-32(31,37)26(29)20-33-34-27-14-11-22(35(38)39)19-28(27)36(40)41/h9,11,14,17,19-21,23-25,29,33-34,37H,5-8,10,12-13,15-16,18H2,1-4H3/t21-,23-,24?,25?,29?,30-,31-,32-/m1/s1. The number of hydrogen-bond acceptors (Lipinski definition) is 7. The summed E-state index contributed by atoms with van der Waals surface area (Å²) >= 11 is 0. The minimum Gasteiger partial charge on any atom is -0.381 e. The topological polar surface area (TPSA) is 131 Å². The van der Waals surface area contributed by atoms with Crippen LogP contribution in [0.4, 0.5) is 17.1 Å². The molecule has 0 aliphatic heterocycles. The Labute approximate surface area is 243 Å². The van der Waals surface area contributed by atoms with E-state index in [1.54, 1.807) is 0 Å². The van der Waals surface area contributed by atoms with E-state index in [9.17, 15) is 25.3 Å². The Bertz CT molecular complexity index is 1250. The van der Waals surface area contributed by atoms with E-state index in [1.165, 1.54) is 50.7 Å². The molecule has 5 rings (SSSR count). The fraction of sp³-hybridized carbons (Fsp3) is 0.688. The van der Waals surface area contributed by atoms with Gasteiger partial charge in [-0.15, -0.1) is 0 Å². The summed E-state index contributed by atoms with van der Waals surface area (Å²) in [5, 5.41) is 35.2. The lowest BCUT2D eigenvalue weighted by molar-refractivity contribution is -0.393. The van der Waals surface area contributed by atoms with Crippen molar-refractivity contribution in [1.82, 2.24) is 5.43 Å². The number of hydrazine groups is 1. The Morgan fingerprint density at radius 2 is 1.88 bits per heavy atom. The van der Waals surface area contributed by atoms with Crippen LogP contribution in [0.1, 0.15) is 91.9 Å². The van der Waals surface area contributed by atoms with Gasteiger partial charge in [0.15, 0.2) is 0 Å². The summed E-state index contributed by atoms with van der Waals surface area (Å²) in [6.07, 6.45) is 17.6. The average Bonchev–Trinajstić information content (AvgIpc) is 3.38. The molecule has 0 aromatic heterocycles. The van der Waals surface area contributed by atoms with Crippen molar-refractivity contribution >= 4 is 17.1 Å². The van der Waals surface area contributed by atoms with Crippen molar-refractivity contribution in [3.8, 4) is 0 Å². The van der Waals surface area contributed by atoms with Gasteiger partial charge in [0.05, 0.1) is 15.9 Å². The molecule has 9 nitrogen and oxygen atoms in total. The van der Waals surface area contributed by atoms with E-state index in [0.717, 1.165) is 37.3 Å². The molecular formula is C32H46N4O5. The molecule has 8 atom stereocenters. The number of nitro benzene ring substituents is 2. The second-order valence-electron chi connectivity index (χ2n) is 13.6. The number of benzene rings is 1. The van der Waals surface area contributed by atoms with Crippen LogP contribution in [0.3, 0.4) is 0 Å². The van der Waals surface area contributed by atoms with Gasteiger partial charge in [-0.1, -0.05) is 65.5 Å². The number of unbranched alkanes of at least 4 members (excludes halogenated alkanes) is 2. The first-order valence-electron chi connectivity index (χ1n) is 15.5. The quantitative estimate of drug-likeness (QED) is 0.115. The average molecular weight is 567 g/mol. The number of non-ortho nitro benzene ring substituents is 1. The van der Waals surface area contributed by atoms with E-state index in [-0.39, 0.29) is 33.8 Å². The van der Waals surface area contributed by atoms with Crippen LogP contribution < -0.4 is 10.9 Å². The minimum absolute atomic E-state index is 0.135. The van der Waals surface area contributed by atoms with Crippen LogP contribution in [-0.4, -0.2) is 20.6 Å². The second kappa shape index (κ2) is 11.0. The highest BCUT2D eigenvalue weighted by molar-refractivity contribution is 5.65. The highest BCUT2D eigenvalue weighted by Crippen LogP contribution is 2.72. The lowest BCUT2D eigenvalue weighted by atomic mass is 9.53. The predicted molar refractivity (Wildman–Crippen MR) is 160 cm³/mol. The SMILES string of the molecule is CCCCC[C@@H](C)[C@H]1CCC2C3C(=CNNc4ccc([N+](=O)[O-])cc4[N+](=O)[O-])[C@]4(O)C=CCC[C@]4(C)C3CC[C@@]21C. The van der Waals surface area contributed by atoms with Gasteiger partial charge in [0, 0.05) is 17.7 Å². The zero-order valence-corrected chi connectivity index (χ0v) is 24.9. The summed E-state index contributed by atoms with van der Waals surface area (Å²) in [6, 6.07) is 3.55. The number of nitrogens with one attached hydrogen (secondary N) is 2. The number of nitro groups is 2. The normalized spacial score (nSPS) is 37.2. The van der Waals surface area contributed by atoms with Crippen molar-refractivity contribution in [2.24, 2.45) is 40.4 Å². The summed E-state index contributed by atoms with van der Waals surface area (Å²) in [5.74, 6) is 2.43. The highest BCUT2D eigenvalue weighted by atomic mass is 16.6. The summed E-state index contributed by atoms with van der Waals surface area (Å²) < 4.78 is 0. The number of nitrogens with zero attached hydrogens (tertiary/aromatic N) is 2. The largest absolute Gasteiger partial charge is 0.381 e. The van der Waals surface area contributed by atoms with Crippen LogP contribution >= 0.6 is 0 Å². The number of hydrogen-bond donors (Lipinski definition) is 3. The van der Waals surface area contributed by atoms with Crippen molar-refractivity contribution in [2.45, 2.75) is 97.5 Å². The Morgan fingerprint density at radius 3 is 2.59 bits per heavy atom. The fourth-order valence-electron chi connectivity index (χ4n) is 9.64. The van der Waals surface area contributed by atoms with Crippen molar-refractivity contribution in [3.63, 3.8) is 0 Å². The third-order valence-corrected chi connectivity index (χ3v) is 11.8. The molecule has 1 aromatic carbocycles. The number of aliphatic hydroxyl groups is 1. The van der Waals surface area contributed by atoms with Crippen molar-refractivity contribution in [1.29, 1.82) is 0 Å². The summed E-state index contributed by atoms with van der Waals surface area (Å²) in [4.78, 5) is 21.6. The molecule has 224 valence electrons. The second-order valence-corrected chi connectivity index (χ2v) is 13.6. The summed E-state index contributed by atoms with van der Waals surface area (Å²) in [6.45, 7) is 9.47. The number of rotatable bonds is 10. The van der Waals surface area contributed by atoms with Gasteiger partial charge in [0.25, 0.3) is 5.69 Å². The van der Waals surface area contributed by atoms with Gasteiger partial charge in [-0.2, -0.15) is 0 Å². The summed E-state index contributed by atoms with van der Waals surface area (Å²) in [5.41, 5.74) is 5.23. The van der Waals surface area contributed by atoms with Crippen molar-refractivity contribution < 1.29 is 15.0 Å². The molecule has 3 fully saturated rings. The van der Waals surface area contributed by atoms with E-state index in [0.29, 0.717) is 23.7 Å². The molecule has 4 aliphatic carbocycles. The highest BCUT2D eigenvalue weighted by Gasteiger charge is 2.68. The van der Waals surface area contributed by atoms with Crippen LogP contribution in [0.15, 0.2) is 42.1 Å². The zero-order chi connectivity index (χ0) is 29.6. The zero-order valence-electron chi connectivity index (χ0n) is 24.9. The third-order valence-electron chi connectivity index (χ3n) is 11.8. The van der Waals surface area contributed by atoms with E-state index in [1.807, 2.05) is 12.3 Å². The Balaban J connectivity index is 1.46. The van der Waals surface area contributed by atoms with Gasteiger partial charge in [-0.3, -0.25) is 25.7 Å². The van der Waals surface area contributed by atoms with Gasteiger partial charge in [-0.25, -0.2) is 0 Å².